The molecule has 0 unspecified atom stereocenters. The maximum absolute atomic E-state index is 12.5. The Labute approximate surface area is 157 Å². The van der Waals surface area contributed by atoms with Gasteiger partial charge in [0.1, 0.15) is 12.0 Å². The van der Waals surface area contributed by atoms with Crippen LogP contribution in [-0.2, 0) is 11.3 Å². The van der Waals surface area contributed by atoms with E-state index in [-0.39, 0.29) is 5.97 Å². The van der Waals surface area contributed by atoms with Crippen molar-refractivity contribution >= 4 is 33.9 Å². The second kappa shape index (κ2) is 7.08. The van der Waals surface area contributed by atoms with Gasteiger partial charge < -0.3 is 9.30 Å². The number of carbonyl (C=O) groups excluding carboxylic acids is 2. The smallest absolute Gasteiger partial charge is 0.354 e. The Kier molecular flexibility index (Phi) is 4.47. The van der Waals surface area contributed by atoms with Crippen LogP contribution in [0.1, 0.15) is 33.3 Å². The lowest BCUT2D eigenvalue weighted by molar-refractivity contribution is 0.0515. The lowest BCUT2D eigenvalue weighted by Crippen LogP contribution is -2.13. The van der Waals surface area contributed by atoms with Gasteiger partial charge in [0.15, 0.2) is 0 Å². The second-order valence-corrected chi connectivity index (χ2v) is 6.41. The van der Waals surface area contributed by atoms with E-state index in [9.17, 15) is 9.59 Å². The van der Waals surface area contributed by atoms with Crippen LogP contribution < -0.4 is 0 Å². The third-order valence-electron chi connectivity index (χ3n) is 4.76. The van der Waals surface area contributed by atoms with E-state index < -0.39 is 0 Å². The Balaban J connectivity index is 1.91. The third kappa shape index (κ3) is 3.10. The van der Waals surface area contributed by atoms with Crippen molar-refractivity contribution in [2.45, 2.75) is 13.5 Å². The number of esters is 1. The van der Waals surface area contributed by atoms with Crippen molar-refractivity contribution < 1.29 is 14.3 Å². The molecule has 3 aromatic carbocycles. The summed E-state index contributed by atoms with van der Waals surface area (Å²) in [6.45, 7) is 2.62. The standard InChI is InChI=1S/C23H19NO3/c1-2-27-23(26)22-13-18-11-10-16(15-25)12-21(18)24(22)14-19-8-5-7-17-6-3-4-9-20(17)19/h3-13,15H,2,14H2,1H3. The van der Waals surface area contributed by atoms with Crippen LogP contribution in [-0.4, -0.2) is 23.4 Å². The molecule has 4 heteroatoms. The number of ether oxygens (including phenoxy) is 1. The first kappa shape index (κ1) is 17.0. The van der Waals surface area contributed by atoms with Crippen LogP contribution >= 0.6 is 0 Å². The van der Waals surface area contributed by atoms with Crippen molar-refractivity contribution in [1.82, 2.24) is 4.57 Å². The van der Waals surface area contributed by atoms with Crippen LogP contribution in [0.2, 0.25) is 0 Å². The minimum absolute atomic E-state index is 0.314. The number of hydrogen-bond acceptors (Lipinski definition) is 3. The highest BCUT2D eigenvalue weighted by atomic mass is 16.5. The molecule has 0 N–H and O–H groups in total. The quantitative estimate of drug-likeness (QED) is 0.380. The minimum atomic E-state index is -0.360. The highest BCUT2D eigenvalue weighted by Crippen LogP contribution is 2.26. The molecule has 0 aliphatic carbocycles. The first-order valence-electron chi connectivity index (χ1n) is 8.93. The highest BCUT2D eigenvalue weighted by Gasteiger charge is 2.18. The molecule has 0 fully saturated rings. The number of carbonyl (C=O) groups is 2. The van der Waals surface area contributed by atoms with E-state index in [0.717, 1.165) is 33.5 Å². The Morgan fingerprint density at radius 3 is 2.63 bits per heavy atom. The summed E-state index contributed by atoms with van der Waals surface area (Å²) in [5.74, 6) is -0.360. The van der Waals surface area contributed by atoms with Gasteiger partial charge in [-0.2, -0.15) is 0 Å². The van der Waals surface area contributed by atoms with Gasteiger partial charge in [0.2, 0.25) is 0 Å². The monoisotopic (exact) mass is 357 g/mol. The predicted molar refractivity (Wildman–Crippen MR) is 106 cm³/mol. The van der Waals surface area contributed by atoms with Gasteiger partial charge in [-0.1, -0.05) is 54.6 Å². The van der Waals surface area contributed by atoms with Crippen molar-refractivity contribution in [2.75, 3.05) is 6.61 Å². The molecule has 0 saturated carbocycles. The molecule has 1 heterocycles. The zero-order chi connectivity index (χ0) is 18.8. The Hall–Kier alpha value is -3.40. The Morgan fingerprint density at radius 2 is 1.81 bits per heavy atom. The van der Waals surface area contributed by atoms with E-state index in [1.165, 1.54) is 0 Å². The van der Waals surface area contributed by atoms with E-state index in [1.807, 2.05) is 41.0 Å². The number of fused-ring (bicyclic) bond motifs is 2. The number of rotatable bonds is 5. The van der Waals surface area contributed by atoms with Crippen molar-refractivity contribution in [3.8, 4) is 0 Å². The van der Waals surface area contributed by atoms with Crippen molar-refractivity contribution in [3.05, 3.63) is 83.6 Å². The van der Waals surface area contributed by atoms with Gasteiger partial charge in [0.25, 0.3) is 0 Å². The number of hydrogen-bond donors (Lipinski definition) is 0. The average molecular weight is 357 g/mol. The van der Waals surface area contributed by atoms with E-state index in [4.69, 9.17) is 4.74 Å². The molecule has 0 spiro atoms. The maximum atomic E-state index is 12.5. The number of aldehydes is 1. The normalized spacial score (nSPS) is 11.0. The van der Waals surface area contributed by atoms with Gasteiger partial charge in [-0.05, 0) is 35.4 Å². The molecule has 134 valence electrons. The van der Waals surface area contributed by atoms with E-state index in [2.05, 4.69) is 24.3 Å². The fourth-order valence-electron chi connectivity index (χ4n) is 3.49. The molecule has 4 rings (SSSR count). The zero-order valence-corrected chi connectivity index (χ0v) is 15.0. The molecule has 0 atom stereocenters. The first-order valence-corrected chi connectivity index (χ1v) is 8.93. The van der Waals surface area contributed by atoms with Gasteiger partial charge in [0.05, 0.1) is 6.61 Å². The fourth-order valence-corrected chi connectivity index (χ4v) is 3.49. The van der Waals surface area contributed by atoms with Crippen LogP contribution in [0.5, 0.6) is 0 Å². The van der Waals surface area contributed by atoms with Crippen LogP contribution in [0.25, 0.3) is 21.7 Å². The lowest BCUT2D eigenvalue weighted by Gasteiger charge is -2.13. The van der Waals surface area contributed by atoms with E-state index >= 15 is 0 Å². The Morgan fingerprint density at radius 1 is 1.00 bits per heavy atom. The summed E-state index contributed by atoms with van der Waals surface area (Å²) < 4.78 is 7.18. The van der Waals surface area contributed by atoms with Crippen LogP contribution in [0.4, 0.5) is 0 Å². The molecule has 4 nitrogen and oxygen atoms in total. The van der Waals surface area contributed by atoms with Gasteiger partial charge in [-0.3, -0.25) is 4.79 Å². The van der Waals surface area contributed by atoms with Gasteiger partial charge in [0, 0.05) is 23.0 Å². The molecular weight excluding hydrogens is 338 g/mol. The maximum Gasteiger partial charge on any atom is 0.354 e. The molecule has 0 radical (unpaired) electrons. The number of benzene rings is 3. The third-order valence-corrected chi connectivity index (χ3v) is 4.76. The van der Waals surface area contributed by atoms with Gasteiger partial charge in [-0.25, -0.2) is 4.79 Å². The summed E-state index contributed by atoms with van der Waals surface area (Å²) in [4.78, 5) is 23.8. The lowest BCUT2D eigenvalue weighted by atomic mass is 10.0. The summed E-state index contributed by atoms with van der Waals surface area (Å²) >= 11 is 0. The molecule has 0 bridgehead atoms. The molecule has 0 saturated heterocycles. The van der Waals surface area contributed by atoms with E-state index in [1.54, 1.807) is 13.0 Å². The van der Waals surface area contributed by atoms with Crippen LogP contribution in [0, 0.1) is 0 Å². The van der Waals surface area contributed by atoms with Gasteiger partial charge >= 0.3 is 5.97 Å². The summed E-state index contributed by atoms with van der Waals surface area (Å²) in [6.07, 6.45) is 0.818. The van der Waals surface area contributed by atoms with Crippen molar-refractivity contribution in [2.24, 2.45) is 0 Å². The molecule has 27 heavy (non-hydrogen) atoms. The summed E-state index contributed by atoms with van der Waals surface area (Å²) in [7, 11) is 0. The van der Waals surface area contributed by atoms with E-state index in [0.29, 0.717) is 24.4 Å². The SMILES string of the molecule is CCOC(=O)c1cc2ccc(C=O)cc2n1Cc1cccc2ccccc12. The second-order valence-electron chi connectivity index (χ2n) is 6.41. The summed E-state index contributed by atoms with van der Waals surface area (Å²) in [5, 5.41) is 3.20. The number of nitrogens with zero attached hydrogens (tertiary/aromatic N) is 1. The summed E-state index contributed by atoms with van der Waals surface area (Å²) in [5.41, 5.74) is 3.02. The molecule has 0 aliphatic heterocycles. The zero-order valence-electron chi connectivity index (χ0n) is 15.0. The predicted octanol–water partition coefficient (Wildman–Crippen LogP) is 4.83. The van der Waals surface area contributed by atoms with Crippen molar-refractivity contribution in [1.29, 1.82) is 0 Å². The summed E-state index contributed by atoms with van der Waals surface area (Å²) in [6, 6.07) is 21.6. The average Bonchev–Trinajstić information content (AvgIpc) is 3.06. The molecule has 1 aromatic heterocycles. The fraction of sp³-hybridized carbons (Fsp3) is 0.130. The molecule has 4 aromatic rings. The molecular formula is C23H19NO3. The van der Waals surface area contributed by atoms with Gasteiger partial charge in [-0.15, -0.1) is 0 Å². The van der Waals surface area contributed by atoms with Crippen LogP contribution in [0.15, 0.2) is 66.7 Å². The Bertz CT molecular complexity index is 1150. The number of aromatic nitrogens is 1. The van der Waals surface area contributed by atoms with Crippen molar-refractivity contribution in [3.63, 3.8) is 0 Å². The largest absolute Gasteiger partial charge is 0.461 e. The highest BCUT2D eigenvalue weighted by molar-refractivity contribution is 5.97. The minimum Gasteiger partial charge on any atom is -0.461 e. The topological polar surface area (TPSA) is 48.3 Å². The first-order chi connectivity index (χ1) is 13.2. The molecule has 0 aliphatic rings. The van der Waals surface area contributed by atoms with Crippen LogP contribution in [0.3, 0.4) is 0 Å². The molecule has 0 amide bonds.